The first-order chi connectivity index (χ1) is 8.94. The van der Waals surface area contributed by atoms with Gasteiger partial charge in [-0.15, -0.1) is 0 Å². The average molecular weight is 272 g/mol. The van der Waals surface area contributed by atoms with Crippen LogP contribution in [-0.2, 0) is 28.6 Å². The fraction of sp³-hybridized carbons (Fsp3) is 0.750. The van der Waals surface area contributed by atoms with E-state index in [1.54, 1.807) is 28.6 Å². The monoisotopic (exact) mass is 272 g/mol. The lowest BCUT2D eigenvalue weighted by Gasteiger charge is -2.24. The molecule has 0 radical (unpaired) electrons. The molecule has 0 N–H and O–H groups in total. The van der Waals surface area contributed by atoms with Gasteiger partial charge in [-0.3, -0.25) is 14.4 Å². The maximum atomic E-state index is 11.3. The number of carbonyl (C=O) groups excluding carboxylic acids is 3. The topological polar surface area (TPSA) is 78.9 Å². The number of esters is 3. The van der Waals surface area contributed by atoms with E-state index >= 15 is 0 Å². The van der Waals surface area contributed by atoms with Gasteiger partial charge >= 0.3 is 17.9 Å². The summed E-state index contributed by atoms with van der Waals surface area (Å²) >= 11 is 0. The van der Waals surface area contributed by atoms with Crippen molar-refractivity contribution in [2.24, 2.45) is 0 Å². The van der Waals surface area contributed by atoms with Crippen LogP contribution >= 0.6 is 0 Å². The molecule has 0 aliphatic heterocycles. The third kappa shape index (κ3) is 7.49. The van der Waals surface area contributed by atoms with Gasteiger partial charge in [0.25, 0.3) is 0 Å². The fourth-order valence-corrected chi connectivity index (χ4v) is 1.16. The lowest BCUT2D eigenvalue weighted by Crippen LogP contribution is -2.39. The Morgan fingerprint density at radius 3 is 1.84 bits per heavy atom. The summed E-state index contributed by atoms with van der Waals surface area (Å²) in [6.45, 7) is 4.87. The molecule has 0 saturated carbocycles. The van der Waals surface area contributed by atoms with Gasteiger partial charge in [0.15, 0.2) is 14.0 Å². The predicted octanol–water partition coefficient (Wildman–Crippen LogP) is 0.174. The van der Waals surface area contributed by atoms with Gasteiger partial charge in [0, 0.05) is 19.3 Å². The molecule has 0 aliphatic rings. The van der Waals surface area contributed by atoms with Crippen LogP contribution in [0, 0.1) is 0 Å². The molecule has 0 aromatic heterocycles. The van der Waals surface area contributed by atoms with E-state index in [4.69, 9.17) is 14.2 Å². The van der Waals surface area contributed by atoms with Gasteiger partial charge in [-0.2, -0.15) is 0 Å². The molecule has 0 rings (SSSR count). The number of hydrogen-bond acceptors (Lipinski definition) is 6. The van der Waals surface area contributed by atoms with E-state index in [1.165, 1.54) is 0 Å². The zero-order chi connectivity index (χ0) is 14.8. The van der Waals surface area contributed by atoms with Gasteiger partial charge in [-0.25, -0.2) is 0 Å². The second-order valence-electron chi connectivity index (χ2n) is 3.97. The smallest absolute Gasteiger partial charge is 0.306 e. The standard InChI is InChI=1S/C12H21BO6/c1-4-9(14)17-7-8(18-10(15)5-2)12(13)19-11(16)6-3/h8,12H,4-7,13H2,1-3H3. The van der Waals surface area contributed by atoms with E-state index in [1.807, 2.05) is 0 Å². The Kier molecular flexibility index (Phi) is 8.66. The fourth-order valence-electron chi connectivity index (χ4n) is 1.16. The molecule has 7 heteroatoms. The number of rotatable bonds is 8. The molecule has 0 aromatic carbocycles. The molecule has 0 saturated heterocycles. The van der Waals surface area contributed by atoms with Crippen molar-refractivity contribution in [3.8, 4) is 0 Å². The van der Waals surface area contributed by atoms with E-state index in [-0.39, 0.29) is 25.9 Å². The first-order valence-corrected chi connectivity index (χ1v) is 6.49. The molecule has 0 heterocycles. The van der Waals surface area contributed by atoms with Crippen LogP contribution in [0.25, 0.3) is 0 Å². The van der Waals surface area contributed by atoms with Gasteiger partial charge in [-0.05, 0) is 0 Å². The third-order valence-electron chi connectivity index (χ3n) is 2.40. The molecule has 2 unspecified atom stereocenters. The molecular formula is C12H21BO6. The minimum atomic E-state index is -0.779. The lowest BCUT2D eigenvalue weighted by molar-refractivity contribution is -0.169. The highest BCUT2D eigenvalue weighted by atomic mass is 16.6. The Balaban J connectivity index is 4.50. The molecule has 0 bridgehead atoms. The van der Waals surface area contributed by atoms with Crippen LogP contribution in [-0.4, -0.2) is 44.5 Å². The molecule has 6 nitrogen and oxygen atoms in total. The van der Waals surface area contributed by atoms with E-state index in [2.05, 4.69) is 0 Å². The van der Waals surface area contributed by atoms with Gasteiger partial charge in [0.05, 0.1) is 0 Å². The average Bonchev–Trinajstić information content (AvgIpc) is 2.41. The molecular weight excluding hydrogens is 251 g/mol. The van der Waals surface area contributed by atoms with E-state index in [0.717, 1.165) is 0 Å². The first kappa shape index (κ1) is 17.5. The Bertz CT molecular complexity index is 317. The minimum absolute atomic E-state index is 0.115. The second-order valence-corrected chi connectivity index (χ2v) is 3.97. The quantitative estimate of drug-likeness (QED) is 0.356. The van der Waals surface area contributed by atoms with E-state index < -0.39 is 30.0 Å². The lowest BCUT2D eigenvalue weighted by atomic mass is 9.94. The molecule has 0 aliphatic carbocycles. The first-order valence-electron chi connectivity index (χ1n) is 6.49. The summed E-state index contributed by atoms with van der Waals surface area (Å²) in [6.07, 6.45) is -0.115. The van der Waals surface area contributed by atoms with Crippen molar-refractivity contribution in [2.45, 2.75) is 52.1 Å². The zero-order valence-corrected chi connectivity index (χ0v) is 11.9. The van der Waals surface area contributed by atoms with E-state index in [9.17, 15) is 14.4 Å². The van der Waals surface area contributed by atoms with Crippen LogP contribution in [0.4, 0.5) is 0 Å². The van der Waals surface area contributed by atoms with Crippen LogP contribution in [0.5, 0.6) is 0 Å². The highest BCUT2D eigenvalue weighted by Gasteiger charge is 2.25. The number of carbonyl (C=O) groups is 3. The van der Waals surface area contributed by atoms with Gasteiger partial charge in [-0.1, -0.05) is 20.8 Å². The van der Waals surface area contributed by atoms with Crippen LogP contribution < -0.4 is 0 Å². The molecule has 19 heavy (non-hydrogen) atoms. The van der Waals surface area contributed by atoms with Gasteiger partial charge in [0.2, 0.25) is 0 Å². The summed E-state index contributed by atoms with van der Waals surface area (Å²) in [5, 5.41) is 0. The Labute approximate surface area is 114 Å². The Morgan fingerprint density at radius 1 is 0.895 bits per heavy atom. The third-order valence-corrected chi connectivity index (χ3v) is 2.40. The molecule has 0 aromatic rings. The van der Waals surface area contributed by atoms with Crippen molar-refractivity contribution in [3.05, 3.63) is 0 Å². The molecule has 0 fully saturated rings. The maximum Gasteiger partial charge on any atom is 0.306 e. The second kappa shape index (κ2) is 9.41. The summed E-state index contributed by atoms with van der Waals surface area (Å²) in [5.41, 5.74) is 0. The van der Waals surface area contributed by atoms with Crippen molar-refractivity contribution in [3.63, 3.8) is 0 Å². The summed E-state index contributed by atoms with van der Waals surface area (Å²) in [5.74, 6) is -1.23. The zero-order valence-electron chi connectivity index (χ0n) is 11.9. The SMILES string of the molecule is BC(OC(=O)CC)C(COC(=O)CC)OC(=O)CC. The number of ether oxygens (including phenoxy) is 3. The minimum Gasteiger partial charge on any atom is -0.468 e. The van der Waals surface area contributed by atoms with Crippen LogP contribution in [0.2, 0.25) is 0 Å². The molecule has 0 spiro atoms. The van der Waals surface area contributed by atoms with Crippen LogP contribution in [0.3, 0.4) is 0 Å². The normalized spacial score (nSPS) is 13.2. The highest BCUT2D eigenvalue weighted by molar-refractivity contribution is 6.12. The van der Waals surface area contributed by atoms with Crippen molar-refractivity contribution >= 4 is 25.8 Å². The van der Waals surface area contributed by atoms with Crippen molar-refractivity contribution < 1.29 is 28.6 Å². The Morgan fingerprint density at radius 2 is 1.37 bits per heavy atom. The molecule has 2 atom stereocenters. The summed E-state index contributed by atoms with van der Waals surface area (Å²) in [6, 6.07) is -0.660. The number of hydrogen-bond donors (Lipinski definition) is 0. The highest BCUT2D eigenvalue weighted by Crippen LogP contribution is 2.06. The Hall–Kier alpha value is -1.53. The van der Waals surface area contributed by atoms with Crippen LogP contribution in [0.15, 0.2) is 0 Å². The van der Waals surface area contributed by atoms with E-state index in [0.29, 0.717) is 0 Å². The summed E-state index contributed by atoms with van der Waals surface area (Å²) in [7, 11) is 1.60. The summed E-state index contributed by atoms with van der Waals surface area (Å²) < 4.78 is 15.1. The van der Waals surface area contributed by atoms with Crippen LogP contribution in [0.1, 0.15) is 40.0 Å². The summed E-state index contributed by atoms with van der Waals surface area (Å²) in [4.78, 5) is 33.6. The predicted molar refractivity (Wildman–Crippen MR) is 70.1 cm³/mol. The maximum absolute atomic E-state index is 11.3. The van der Waals surface area contributed by atoms with Gasteiger partial charge < -0.3 is 14.2 Å². The largest absolute Gasteiger partial charge is 0.468 e. The van der Waals surface area contributed by atoms with Crippen molar-refractivity contribution in [2.75, 3.05) is 6.61 Å². The van der Waals surface area contributed by atoms with Crippen molar-refractivity contribution in [1.29, 1.82) is 0 Å². The molecule has 0 amide bonds. The van der Waals surface area contributed by atoms with Gasteiger partial charge in [0.1, 0.15) is 12.6 Å². The molecule has 108 valence electrons. The van der Waals surface area contributed by atoms with Crippen molar-refractivity contribution in [1.82, 2.24) is 0 Å².